The van der Waals surface area contributed by atoms with E-state index in [0.29, 0.717) is 17.7 Å². The van der Waals surface area contributed by atoms with Crippen molar-refractivity contribution >= 4 is 43.7 Å². The average molecular weight is 560 g/mol. The second kappa shape index (κ2) is 11.8. The number of halogens is 2. The Balaban J connectivity index is 1.79. The molecule has 0 unspecified atom stereocenters. The molecule has 0 saturated heterocycles. The molecule has 5 nitrogen and oxygen atoms in total. The Morgan fingerprint density at radius 3 is 1.69 bits per heavy atom. The first-order valence-corrected chi connectivity index (χ1v) is 11.9. The number of carbonyl (C=O) groups is 2. The number of unbranched alkanes of at least 4 members (excludes halogenated alkanes) is 1. The van der Waals surface area contributed by atoms with Gasteiger partial charge >= 0.3 is 0 Å². The van der Waals surface area contributed by atoms with E-state index in [0.717, 1.165) is 33.1 Å². The van der Waals surface area contributed by atoms with Crippen LogP contribution in [0.25, 0.3) is 0 Å². The molecule has 0 atom stereocenters. The lowest BCUT2D eigenvalue weighted by Crippen LogP contribution is -2.41. The largest absolute Gasteiger partial charge is 0.494 e. The van der Waals surface area contributed by atoms with Crippen LogP contribution in [0, 0.1) is 0 Å². The van der Waals surface area contributed by atoms with E-state index in [-0.39, 0.29) is 11.8 Å². The minimum Gasteiger partial charge on any atom is -0.494 e. The molecule has 3 aromatic carbocycles. The van der Waals surface area contributed by atoms with E-state index < -0.39 is 6.17 Å². The Hall–Kier alpha value is -2.64. The standard InChI is InChI=1S/C25H24Br2N2O3/c1-2-3-16-32-22-14-8-17(9-15-22)23(28-24(30)18-4-10-20(26)11-5-18)29-25(31)19-6-12-21(27)13-7-19/h4-15,23H,2-3,16H2,1H3,(H,28,30)(H,29,31). The SMILES string of the molecule is CCCCOc1ccc(C(NC(=O)c2ccc(Br)cc2)NC(=O)c2ccc(Br)cc2)cc1. The third-order valence-corrected chi connectivity index (χ3v) is 5.80. The minimum atomic E-state index is -0.716. The van der Waals surface area contributed by atoms with E-state index >= 15 is 0 Å². The molecule has 7 heteroatoms. The molecule has 0 aromatic heterocycles. The van der Waals surface area contributed by atoms with Gasteiger partial charge in [0, 0.05) is 20.1 Å². The van der Waals surface area contributed by atoms with Crippen molar-refractivity contribution in [2.24, 2.45) is 0 Å². The van der Waals surface area contributed by atoms with Crippen LogP contribution in [0.3, 0.4) is 0 Å². The molecule has 0 aliphatic heterocycles. The predicted molar refractivity (Wildman–Crippen MR) is 133 cm³/mol. The molecule has 2 N–H and O–H groups in total. The van der Waals surface area contributed by atoms with Crippen LogP contribution in [0.15, 0.2) is 81.7 Å². The Bertz CT molecular complexity index is 977. The third kappa shape index (κ3) is 6.93. The van der Waals surface area contributed by atoms with E-state index in [1.807, 2.05) is 24.3 Å². The zero-order valence-electron chi connectivity index (χ0n) is 17.6. The van der Waals surface area contributed by atoms with Gasteiger partial charge in [-0.1, -0.05) is 57.3 Å². The molecule has 3 rings (SSSR count). The number of ether oxygens (including phenoxy) is 1. The van der Waals surface area contributed by atoms with Gasteiger partial charge in [0.15, 0.2) is 0 Å². The van der Waals surface area contributed by atoms with Crippen LogP contribution in [-0.4, -0.2) is 18.4 Å². The van der Waals surface area contributed by atoms with E-state index in [9.17, 15) is 9.59 Å². The molecule has 0 spiro atoms. The van der Waals surface area contributed by atoms with Crippen LogP contribution in [-0.2, 0) is 0 Å². The molecular weight excluding hydrogens is 536 g/mol. The maximum atomic E-state index is 12.8. The van der Waals surface area contributed by atoms with Crippen molar-refractivity contribution in [3.05, 3.63) is 98.4 Å². The number of hydrogen-bond acceptors (Lipinski definition) is 3. The summed E-state index contributed by atoms with van der Waals surface area (Å²) in [6, 6.07) is 21.4. The van der Waals surface area contributed by atoms with Crippen LogP contribution >= 0.6 is 31.9 Å². The smallest absolute Gasteiger partial charge is 0.253 e. The Morgan fingerprint density at radius 1 is 0.781 bits per heavy atom. The Morgan fingerprint density at radius 2 is 1.25 bits per heavy atom. The van der Waals surface area contributed by atoms with Gasteiger partial charge in [0.05, 0.1) is 6.61 Å². The molecule has 0 bridgehead atoms. The maximum absolute atomic E-state index is 12.8. The van der Waals surface area contributed by atoms with Crippen molar-refractivity contribution in [3.63, 3.8) is 0 Å². The number of amides is 2. The number of nitrogens with one attached hydrogen (secondary N) is 2. The molecule has 0 aliphatic rings. The summed E-state index contributed by atoms with van der Waals surface area (Å²) in [6.45, 7) is 2.76. The normalized spacial score (nSPS) is 10.6. The summed E-state index contributed by atoms with van der Waals surface area (Å²) in [7, 11) is 0. The van der Waals surface area contributed by atoms with Gasteiger partial charge < -0.3 is 15.4 Å². The van der Waals surface area contributed by atoms with Crippen molar-refractivity contribution in [2.75, 3.05) is 6.61 Å². The van der Waals surface area contributed by atoms with E-state index in [1.54, 1.807) is 48.5 Å². The monoisotopic (exact) mass is 558 g/mol. The average Bonchev–Trinajstić information content (AvgIpc) is 2.80. The molecule has 0 aliphatic carbocycles. The van der Waals surface area contributed by atoms with Gasteiger partial charge in [0.25, 0.3) is 11.8 Å². The summed E-state index contributed by atoms with van der Waals surface area (Å²) in [4.78, 5) is 25.7. The second-order valence-corrected chi connectivity index (χ2v) is 9.00. The van der Waals surface area contributed by atoms with E-state index in [1.165, 1.54) is 0 Å². The molecule has 32 heavy (non-hydrogen) atoms. The van der Waals surface area contributed by atoms with Gasteiger partial charge in [-0.2, -0.15) is 0 Å². The molecule has 0 fully saturated rings. The molecular formula is C25H24Br2N2O3. The minimum absolute atomic E-state index is 0.290. The van der Waals surface area contributed by atoms with Crippen LogP contribution in [0.1, 0.15) is 52.2 Å². The van der Waals surface area contributed by atoms with Gasteiger partial charge in [-0.05, 0) is 72.6 Å². The molecule has 0 heterocycles. The van der Waals surface area contributed by atoms with Gasteiger partial charge in [0.2, 0.25) is 0 Å². The summed E-state index contributed by atoms with van der Waals surface area (Å²) < 4.78 is 7.49. The van der Waals surface area contributed by atoms with Crippen molar-refractivity contribution in [2.45, 2.75) is 25.9 Å². The first kappa shape index (κ1) is 24.0. The number of carbonyl (C=O) groups excluding carboxylic acids is 2. The van der Waals surface area contributed by atoms with E-state index in [4.69, 9.17) is 4.74 Å². The highest BCUT2D eigenvalue weighted by molar-refractivity contribution is 9.10. The predicted octanol–water partition coefficient (Wildman–Crippen LogP) is 6.25. The quantitative estimate of drug-likeness (QED) is 0.240. The van der Waals surface area contributed by atoms with Crippen molar-refractivity contribution in [3.8, 4) is 5.75 Å². The lowest BCUT2D eigenvalue weighted by molar-refractivity contribution is 0.0883. The number of benzene rings is 3. The Labute approximate surface area is 204 Å². The van der Waals surface area contributed by atoms with Crippen LogP contribution in [0.5, 0.6) is 5.75 Å². The summed E-state index contributed by atoms with van der Waals surface area (Å²) in [6.07, 6.45) is 1.33. The van der Waals surface area contributed by atoms with Crippen LogP contribution in [0.2, 0.25) is 0 Å². The second-order valence-electron chi connectivity index (χ2n) is 7.16. The maximum Gasteiger partial charge on any atom is 0.253 e. The summed E-state index contributed by atoms with van der Waals surface area (Å²) in [5.74, 6) is 0.170. The topological polar surface area (TPSA) is 67.4 Å². The summed E-state index contributed by atoms with van der Waals surface area (Å²) in [5, 5.41) is 5.83. The van der Waals surface area contributed by atoms with Crippen LogP contribution in [0.4, 0.5) is 0 Å². The molecule has 166 valence electrons. The first-order chi connectivity index (χ1) is 15.5. The first-order valence-electron chi connectivity index (χ1n) is 10.3. The van der Waals surface area contributed by atoms with Crippen LogP contribution < -0.4 is 15.4 Å². The highest BCUT2D eigenvalue weighted by Gasteiger charge is 2.19. The lowest BCUT2D eigenvalue weighted by Gasteiger charge is -2.21. The van der Waals surface area contributed by atoms with Gasteiger partial charge in [0.1, 0.15) is 11.9 Å². The van der Waals surface area contributed by atoms with E-state index in [2.05, 4.69) is 49.4 Å². The fourth-order valence-electron chi connectivity index (χ4n) is 2.92. The van der Waals surface area contributed by atoms with Crippen molar-refractivity contribution in [1.29, 1.82) is 0 Å². The highest BCUT2D eigenvalue weighted by Crippen LogP contribution is 2.19. The zero-order valence-corrected chi connectivity index (χ0v) is 20.8. The molecule has 2 amide bonds. The highest BCUT2D eigenvalue weighted by atomic mass is 79.9. The zero-order chi connectivity index (χ0) is 22.9. The number of hydrogen-bond donors (Lipinski definition) is 2. The molecule has 0 saturated carbocycles. The summed E-state index contributed by atoms with van der Waals surface area (Å²) in [5.41, 5.74) is 1.73. The lowest BCUT2D eigenvalue weighted by atomic mass is 10.1. The van der Waals surface area contributed by atoms with Crippen molar-refractivity contribution in [1.82, 2.24) is 10.6 Å². The molecule has 3 aromatic rings. The summed E-state index contributed by atoms with van der Waals surface area (Å²) >= 11 is 6.74. The third-order valence-electron chi connectivity index (χ3n) is 4.74. The Kier molecular flexibility index (Phi) is 8.88. The van der Waals surface area contributed by atoms with Gasteiger partial charge in [-0.3, -0.25) is 9.59 Å². The molecule has 0 radical (unpaired) electrons. The fourth-order valence-corrected chi connectivity index (χ4v) is 3.45. The van der Waals surface area contributed by atoms with Gasteiger partial charge in [-0.15, -0.1) is 0 Å². The fraction of sp³-hybridized carbons (Fsp3) is 0.200. The van der Waals surface area contributed by atoms with Crippen molar-refractivity contribution < 1.29 is 14.3 Å². The van der Waals surface area contributed by atoms with Gasteiger partial charge in [-0.25, -0.2) is 0 Å². The number of rotatable bonds is 9.